The minimum atomic E-state index is -0.657. The van der Waals surface area contributed by atoms with Gasteiger partial charge in [-0.25, -0.2) is 0 Å². The van der Waals surface area contributed by atoms with Crippen LogP contribution in [0.1, 0.15) is 37.0 Å². The van der Waals surface area contributed by atoms with Gasteiger partial charge in [-0.3, -0.25) is 14.7 Å². The Kier molecular flexibility index (Phi) is 5.66. The van der Waals surface area contributed by atoms with E-state index in [0.29, 0.717) is 30.3 Å². The molecule has 32 heavy (non-hydrogen) atoms. The zero-order chi connectivity index (χ0) is 22.3. The van der Waals surface area contributed by atoms with Gasteiger partial charge in [0, 0.05) is 43.7 Å². The average molecular weight is 430 g/mol. The van der Waals surface area contributed by atoms with Crippen molar-refractivity contribution >= 4 is 12.1 Å². The van der Waals surface area contributed by atoms with E-state index < -0.39 is 5.54 Å². The van der Waals surface area contributed by atoms with Crippen LogP contribution in [0.2, 0.25) is 0 Å². The largest absolute Gasteiger partial charge is 0.350 e. The first-order chi connectivity index (χ1) is 15.5. The number of nitrogens with zero attached hydrogens (tertiary/aromatic N) is 2. The molecule has 2 aromatic rings. The second-order valence-corrected chi connectivity index (χ2v) is 10.6. The lowest BCUT2D eigenvalue weighted by Gasteiger charge is -2.51. The van der Waals surface area contributed by atoms with Crippen LogP contribution in [0.3, 0.4) is 0 Å². The molecule has 1 amide bonds. The van der Waals surface area contributed by atoms with E-state index in [1.165, 1.54) is 11.1 Å². The first-order valence-corrected chi connectivity index (χ1v) is 12.1. The molecule has 0 radical (unpaired) electrons. The molecule has 1 aliphatic carbocycles. The Bertz CT molecular complexity index is 1000. The summed E-state index contributed by atoms with van der Waals surface area (Å²) in [7, 11) is 0. The average Bonchev–Trinajstić information content (AvgIpc) is 3.07. The van der Waals surface area contributed by atoms with Crippen LogP contribution in [0.25, 0.3) is 0 Å². The molecule has 5 atom stereocenters. The predicted octanol–water partition coefficient (Wildman–Crippen LogP) is 4.27. The Morgan fingerprint density at radius 2 is 1.94 bits per heavy atom. The normalized spacial score (nSPS) is 30.8. The van der Waals surface area contributed by atoms with Crippen molar-refractivity contribution in [3.63, 3.8) is 0 Å². The molecule has 4 nitrogen and oxygen atoms in total. The van der Waals surface area contributed by atoms with E-state index in [1.807, 2.05) is 0 Å². The van der Waals surface area contributed by atoms with Crippen LogP contribution in [-0.4, -0.2) is 41.7 Å². The summed E-state index contributed by atoms with van der Waals surface area (Å²) in [6, 6.07) is 19.5. The van der Waals surface area contributed by atoms with Crippen molar-refractivity contribution in [1.82, 2.24) is 10.2 Å². The predicted molar refractivity (Wildman–Crippen MR) is 130 cm³/mol. The molecule has 3 aliphatic heterocycles. The highest BCUT2D eigenvalue weighted by Gasteiger charge is 2.63. The third-order valence-corrected chi connectivity index (χ3v) is 7.73. The highest BCUT2D eigenvalue weighted by Crippen LogP contribution is 2.54. The molecule has 0 aromatic heterocycles. The van der Waals surface area contributed by atoms with Crippen LogP contribution < -0.4 is 5.32 Å². The van der Waals surface area contributed by atoms with E-state index in [4.69, 9.17) is 4.99 Å². The van der Waals surface area contributed by atoms with E-state index in [2.05, 4.69) is 91.8 Å². The summed E-state index contributed by atoms with van der Waals surface area (Å²) in [5.74, 6) is 1.95. The SMILES string of the molecule is Cc1cccc(CNC(=O)[C@@]23C[C@@H]4CN(CC(C)C)[C@@H]([C@@H]4C=N2)[C@@H]3Cc2ccccc2)c1. The number of benzene rings is 2. The number of rotatable bonds is 7. The lowest BCUT2D eigenvalue weighted by Crippen LogP contribution is -2.64. The zero-order valence-electron chi connectivity index (χ0n) is 19.5. The van der Waals surface area contributed by atoms with Crippen molar-refractivity contribution in [2.24, 2.45) is 28.7 Å². The molecule has 1 N–H and O–H groups in total. The number of aryl methyl sites for hydroxylation is 1. The Morgan fingerprint density at radius 3 is 2.69 bits per heavy atom. The van der Waals surface area contributed by atoms with Gasteiger partial charge in [-0.05, 0) is 42.7 Å². The van der Waals surface area contributed by atoms with Crippen LogP contribution >= 0.6 is 0 Å². The molecule has 3 heterocycles. The van der Waals surface area contributed by atoms with Crippen LogP contribution in [-0.2, 0) is 17.8 Å². The van der Waals surface area contributed by atoms with Gasteiger partial charge in [0.1, 0.15) is 5.54 Å². The van der Waals surface area contributed by atoms with Crippen molar-refractivity contribution in [3.8, 4) is 0 Å². The number of likely N-dealkylation sites (tertiary alicyclic amines) is 1. The Labute approximate surface area is 192 Å². The molecule has 2 aromatic carbocycles. The Balaban J connectivity index is 1.45. The van der Waals surface area contributed by atoms with Crippen molar-refractivity contribution in [3.05, 3.63) is 71.3 Å². The van der Waals surface area contributed by atoms with Gasteiger partial charge in [0.2, 0.25) is 5.91 Å². The van der Waals surface area contributed by atoms with Gasteiger partial charge >= 0.3 is 0 Å². The standard InChI is InChI=1S/C28H35N3O/c1-19(2)17-31-18-23-14-28(27(32)29-15-22-11-7-8-20(3)12-22)25(26(31)24(23)16-30-28)13-21-9-5-4-6-10-21/h4-12,16,19,23-26H,13-15,17-18H2,1-3H3,(H,29,32)/t23-,24-,25+,26+,28+/m1/s1. The number of hydrogen-bond acceptors (Lipinski definition) is 3. The summed E-state index contributed by atoms with van der Waals surface area (Å²) in [5, 5.41) is 3.28. The van der Waals surface area contributed by atoms with Gasteiger partial charge in [0.25, 0.3) is 0 Å². The van der Waals surface area contributed by atoms with E-state index in [-0.39, 0.29) is 11.8 Å². The minimum absolute atomic E-state index is 0.107. The van der Waals surface area contributed by atoms with Crippen LogP contribution in [0.5, 0.6) is 0 Å². The Hall–Kier alpha value is -2.46. The summed E-state index contributed by atoms with van der Waals surface area (Å²) in [6.45, 7) is 9.43. The highest BCUT2D eigenvalue weighted by molar-refractivity contribution is 5.91. The van der Waals surface area contributed by atoms with Crippen molar-refractivity contribution in [2.75, 3.05) is 13.1 Å². The number of carbonyl (C=O) groups excluding carboxylic acids is 1. The first-order valence-electron chi connectivity index (χ1n) is 12.1. The summed E-state index contributed by atoms with van der Waals surface area (Å²) >= 11 is 0. The molecule has 2 fully saturated rings. The maximum atomic E-state index is 13.8. The molecule has 168 valence electrons. The molecule has 1 saturated carbocycles. The molecule has 4 aliphatic rings. The van der Waals surface area contributed by atoms with Crippen LogP contribution in [0.4, 0.5) is 0 Å². The van der Waals surface area contributed by atoms with E-state index in [1.54, 1.807) is 0 Å². The fraction of sp³-hybridized carbons (Fsp3) is 0.500. The van der Waals surface area contributed by atoms with E-state index in [0.717, 1.165) is 31.5 Å². The molecule has 0 spiro atoms. The second kappa shape index (κ2) is 8.47. The highest BCUT2D eigenvalue weighted by atomic mass is 16.2. The third-order valence-electron chi connectivity index (χ3n) is 7.73. The van der Waals surface area contributed by atoms with E-state index >= 15 is 0 Å². The monoisotopic (exact) mass is 429 g/mol. The smallest absolute Gasteiger partial charge is 0.248 e. The second-order valence-electron chi connectivity index (χ2n) is 10.6. The molecule has 4 heteroatoms. The molecule has 1 saturated heterocycles. The van der Waals surface area contributed by atoms with Gasteiger partial charge in [-0.2, -0.15) is 0 Å². The van der Waals surface area contributed by atoms with Crippen LogP contribution in [0, 0.1) is 30.6 Å². The van der Waals surface area contributed by atoms with Crippen molar-refractivity contribution < 1.29 is 4.79 Å². The summed E-state index contributed by atoms with van der Waals surface area (Å²) in [6.07, 6.45) is 3.92. The molecule has 4 bridgehead atoms. The Morgan fingerprint density at radius 1 is 1.16 bits per heavy atom. The van der Waals surface area contributed by atoms with Gasteiger partial charge in [-0.15, -0.1) is 0 Å². The summed E-state index contributed by atoms with van der Waals surface area (Å²) in [5.41, 5.74) is 3.01. The quantitative estimate of drug-likeness (QED) is 0.714. The maximum Gasteiger partial charge on any atom is 0.248 e. The number of aliphatic imine (C=N–C) groups is 1. The number of nitrogens with one attached hydrogen (secondary N) is 1. The fourth-order valence-corrected chi connectivity index (χ4v) is 6.50. The van der Waals surface area contributed by atoms with Gasteiger partial charge in [0.05, 0.1) is 0 Å². The fourth-order valence-electron chi connectivity index (χ4n) is 6.50. The molecular formula is C28H35N3O. The molecule has 6 rings (SSSR count). The summed E-state index contributed by atoms with van der Waals surface area (Å²) < 4.78 is 0. The zero-order valence-corrected chi connectivity index (χ0v) is 19.5. The van der Waals surface area contributed by atoms with Gasteiger partial charge in [-0.1, -0.05) is 74.0 Å². The maximum absolute atomic E-state index is 13.8. The van der Waals surface area contributed by atoms with Gasteiger partial charge < -0.3 is 5.32 Å². The van der Waals surface area contributed by atoms with Crippen molar-refractivity contribution in [1.29, 1.82) is 0 Å². The summed E-state index contributed by atoms with van der Waals surface area (Å²) in [4.78, 5) is 21.5. The first kappa shape index (κ1) is 21.4. The number of amides is 1. The molecule has 0 unspecified atom stereocenters. The van der Waals surface area contributed by atoms with Crippen molar-refractivity contribution in [2.45, 2.75) is 51.7 Å². The number of hydrogen-bond donors (Lipinski definition) is 1. The van der Waals surface area contributed by atoms with E-state index in [9.17, 15) is 4.79 Å². The number of carbonyl (C=O) groups is 1. The minimum Gasteiger partial charge on any atom is -0.350 e. The molecular weight excluding hydrogens is 394 g/mol. The van der Waals surface area contributed by atoms with Gasteiger partial charge in [0.15, 0.2) is 0 Å². The third kappa shape index (κ3) is 3.79. The lowest BCUT2D eigenvalue weighted by atomic mass is 9.59. The lowest BCUT2D eigenvalue weighted by molar-refractivity contribution is -0.132. The van der Waals surface area contributed by atoms with Crippen LogP contribution in [0.15, 0.2) is 59.6 Å². The topological polar surface area (TPSA) is 44.7 Å².